The fourth-order valence-electron chi connectivity index (χ4n) is 2.56. The van der Waals surface area contributed by atoms with Crippen molar-refractivity contribution in [2.75, 3.05) is 20.2 Å². The molecular formula is C15H22Cl2N2O2. The summed E-state index contributed by atoms with van der Waals surface area (Å²) in [6.07, 6.45) is 0.814. The molecule has 1 saturated heterocycles. The maximum Gasteiger partial charge on any atom is 0.257 e. The monoisotopic (exact) mass is 332 g/mol. The quantitative estimate of drug-likeness (QED) is 0.905. The Morgan fingerprint density at radius 3 is 2.71 bits per heavy atom. The lowest BCUT2D eigenvalue weighted by Gasteiger charge is -2.42. The zero-order valence-corrected chi connectivity index (χ0v) is 14.1. The van der Waals surface area contributed by atoms with Crippen LogP contribution in [0.1, 0.15) is 30.6 Å². The molecule has 21 heavy (non-hydrogen) atoms. The number of likely N-dealkylation sites (tertiary alicyclic amines) is 1. The van der Waals surface area contributed by atoms with Crippen LogP contribution in [0.2, 0.25) is 5.02 Å². The van der Waals surface area contributed by atoms with E-state index in [2.05, 4.69) is 13.8 Å². The Bertz CT molecular complexity index is 520. The van der Waals surface area contributed by atoms with E-state index in [0.29, 0.717) is 29.4 Å². The lowest BCUT2D eigenvalue weighted by Crippen LogP contribution is -2.54. The van der Waals surface area contributed by atoms with E-state index in [1.807, 2.05) is 4.90 Å². The third-order valence-electron chi connectivity index (χ3n) is 3.99. The number of piperidine rings is 1. The van der Waals surface area contributed by atoms with E-state index in [-0.39, 0.29) is 29.8 Å². The highest BCUT2D eigenvalue weighted by Gasteiger charge is 2.36. The van der Waals surface area contributed by atoms with E-state index in [9.17, 15) is 4.79 Å². The minimum absolute atomic E-state index is 0. The second kappa shape index (κ2) is 6.86. The van der Waals surface area contributed by atoms with Crippen LogP contribution >= 0.6 is 24.0 Å². The molecule has 1 aromatic rings. The number of benzene rings is 1. The molecule has 0 aromatic heterocycles. The van der Waals surface area contributed by atoms with Crippen molar-refractivity contribution in [3.8, 4) is 5.75 Å². The van der Waals surface area contributed by atoms with Gasteiger partial charge in [0.15, 0.2) is 0 Å². The summed E-state index contributed by atoms with van der Waals surface area (Å²) in [5, 5.41) is 0.555. The lowest BCUT2D eigenvalue weighted by molar-refractivity contribution is 0.0530. The fourth-order valence-corrected chi connectivity index (χ4v) is 2.72. The maximum atomic E-state index is 12.6. The van der Waals surface area contributed by atoms with E-state index in [4.69, 9.17) is 22.1 Å². The van der Waals surface area contributed by atoms with Gasteiger partial charge in [-0.1, -0.05) is 25.4 Å². The average molecular weight is 333 g/mol. The third-order valence-corrected chi connectivity index (χ3v) is 4.23. The van der Waals surface area contributed by atoms with Crippen LogP contribution in [0.3, 0.4) is 0 Å². The summed E-state index contributed by atoms with van der Waals surface area (Å²) in [7, 11) is 1.54. The predicted octanol–water partition coefficient (Wildman–Crippen LogP) is 2.97. The van der Waals surface area contributed by atoms with Gasteiger partial charge in [0.1, 0.15) is 5.75 Å². The van der Waals surface area contributed by atoms with Crippen molar-refractivity contribution in [1.82, 2.24) is 4.90 Å². The summed E-state index contributed by atoms with van der Waals surface area (Å²) >= 11 is 5.93. The Morgan fingerprint density at radius 2 is 2.14 bits per heavy atom. The molecule has 4 nitrogen and oxygen atoms in total. The molecule has 0 bridgehead atoms. The minimum atomic E-state index is -0.0758. The summed E-state index contributed by atoms with van der Waals surface area (Å²) in [5.74, 6) is 0.480. The van der Waals surface area contributed by atoms with Crippen molar-refractivity contribution in [3.63, 3.8) is 0 Å². The summed E-state index contributed by atoms with van der Waals surface area (Å²) in [6.45, 7) is 5.51. The van der Waals surface area contributed by atoms with Gasteiger partial charge in [0, 0.05) is 24.2 Å². The van der Waals surface area contributed by atoms with Crippen LogP contribution in [0.5, 0.6) is 5.75 Å². The second-order valence-electron chi connectivity index (χ2n) is 5.96. The average Bonchev–Trinajstić information content (AvgIpc) is 2.40. The van der Waals surface area contributed by atoms with Gasteiger partial charge in [-0.3, -0.25) is 4.79 Å². The zero-order chi connectivity index (χ0) is 14.9. The predicted molar refractivity (Wildman–Crippen MR) is 87.5 cm³/mol. The number of carbonyl (C=O) groups excluding carboxylic acids is 1. The Kier molecular flexibility index (Phi) is 5.91. The highest BCUT2D eigenvalue weighted by Crippen LogP contribution is 2.30. The molecular weight excluding hydrogens is 311 g/mol. The fraction of sp³-hybridized carbons (Fsp3) is 0.533. The van der Waals surface area contributed by atoms with Gasteiger partial charge in [0.2, 0.25) is 0 Å². The van der Waals surface area contributed by atoms with Gasteiger partial charge in [-0.25, -0.2) is 0 Å². The molecule has 6 heteroatoms. The number of methoxy groups -OCH3 is 1. The zero-order valence-electron chi connectivity index (χ0n) is 12.6. The van der Waals surface area contributed by atoms with Crippen LogP contribution in [0, 0.1) is 5.41 Å². The number of hydrogen-bond donors (Lipinski definition) is 1. The van der Waals surface area contributed by atoms with Gasteiger partial charge in [-0.15, -0.1) is 12.4 Å². The molecule has 0 saturated carbocycles. The number of halogens is 2. The highest BCUT2D eigenvalue weighted by atomic mass is 35.5. The largest absolute Gasteiger partial charge is 0.496 e. The smallest absolute Gasteiger partial charge is 0.257 e. The topological polar surface area (TPSA) is 55.6 Å². The number of ether oxygens (including phenoxy) is 1. The molecule has 1 aliphatic rings. The number of carbonyl (C=O) groups is 1. The first-order chi connectivity index (χ1) is 9.35. The SMILES string of the molecule is COc1cc(Cl)ccc1C(=O)N1CCC(N)C(C)(C)C1.Cl. The first-order valence-corrected chi connectivity index (χ1v) is 7.11. The molecule has 0 radical (unpaired) electrons. The molecule has 1 aromatic carbocycles. The molecule has 1 unspecified atom stereocenters. The molecule has 0 spiro atoms. The standard InChI is InChI=1S/C15H21ClN2O2.ClH/c1-15(2)9-18(7-6-13(15)17)14(19)11-5-4-10(16)8-12(11)20-3;/h4-5,8,13H,6-7,9,17H2,1-3H3;1H. The Balaban J connectivity index is 0.00000220. The number of hydrogen-bond acceptors (Lipinski definition) is 3. The molecule has 2 N–H and O–H groups in total. The highest BCUT2D eigenvalue weighted by molar-refractivity contribution is 6.30. The van der Waals surface area contributed by atoms with Gasteiger partial charge < -0.3 is 15.4 Å². The molecule has 1 fully saturated rings. The van der Waals surface area contributed by atoms with Crippen molar-refractivity contribution < 1.29 is 9.53 Å². The number of nitrogens with zero attached hydrogens (tertiary/aromatic N) is 1. The molecule has 0 aliphatic carbocycles. The Hall–Kier alpha value is -0.970. The Labute approximate surface area is 137 Å². The van der Waals surface area contributed by atoms with Gasteiger partial charge in [-0.05, 0) is 30.0 Å². The van der Waals surface area contributed by atoms with E-state index >= 15 is 0 Å². The van der Waals surface area contributed by atoms with Crippen molar-refractivity contribution in [2.45, 2.75) is 26.3 Å². The van der Waals surface area contributed by atoms with Crippen molar-refractivity contribution in [2.24, 2.45) is 11.1 Å². The second-order valence-corrected chi connectivity index (χ2v) is 6.39. The van der Waals surface area contributed by atoms with Gasteiger partial charge in [0.25, 0.3) is 5.91 Å². The molecule has 1 amide bonds. The van der Waals surface area contributed by atoms with Crippen molar-refractivity contribution in [3.05, 3.63) is 28.8 Å². The summed E-state index contributed by atoms with van der Waals surface area (Å²) in [4.78, 5) is 14.5. The molecule has 2 rings (SSSR count). The van der Waals surface area contributed by atoms with Crippen LogP contribution in [0.25, 0.3) is 0 Å². The Morgan fingerprint density at radius 1 is 1.48 bits per heavy atom. The van der Waals surface area contributed by atoms with E-state index < -0.39 is 0 Å². The first-order valence-electron chi connectivity index (χ1n) is 6.73. The number of rotatable bonds is 2. The summed E-state index contributed by atoms with van der Waals surface area (Å²) < 4.78 is 5.25. The maximum absolute atomic E-state index is 12.6. The lowest BCUT2D eigenvalue weighted by atomic mass is 9.79. The van der Waals surface area contributed by atoms with Crippen LogP contribution in [-0.2, 0) is 0 Å². The van der Waals surface area contributed by atoms with Crippen LogP contribution < -0.4 is 10.5 Å². The van der Waals surface area contributed by atoms with Crippen molar-refractivity contribution >= 4 is 29.9 Å². The minimum Gasteiger partial charge on any atom is -0.496 e. The summed E-state index contributed by atoms with van der Waals surface area (Å²) in [6, 6.07) is 5.21. The summed E-state index contributed by atoms with van der Waals surface area (Å²) in [5.41, 5.74) is 6.58. The molecule has 1 atom stereocenters. The van der Waals surface area contributed by atoms with Crippen LogP contribution in [0.15, 0.2) is 18.2 Å². The van der Waals surface area contributed by atoms with Crippen molar-refractivity contribution in [1.29, 1.82) is 0 Å². The molecule has 118 valence electrons. The first kappa shape index (κ1) is 18.1. The van der Waals surface area contributed by atoms with E-state index in [1.165, 1.54) is 0 Å². The number of amides is 1. The van der Waals surface area contributed by atoms with Crippen LogP contribution in [0.4, 0.5) is 0 Å². The van der Waals surface area contributed by atoms with Gasteiger partial charge in [0.05, 0.1) is 12.7 Å². The normalized spacial score (nSPS) is 20.6. The number of nitrogens with two attached hydrogens (primary N) is 1. The molecule has 1 aliphatic heterocycles. The third kappa shape index (κ3) is 3.82. The van der Waals surface area contributed by atoms with Crippen LogP contribution in [-0.4, -0.2) is 37.0 Å². The van der Waals surface area contributed by atoms with E-state index in [1.54, 1.807) is 25.3 Å². The van der Waals surface area contributed by atoms with E-state index in [0.717, 1.165) is 6.42 Å². The molecule has 1 heterocycles. The van der Waals surface area contributed by atoms with Gasteiger partial charge in [-0.2, -0.15) is 0 Å². The van der Waals surface area contributed by atoms with Gasteiger partial charge >= 0.3 is 0 Å².